The maximum atomic E-state index is 11.7. The summed E-state index contributed by atoms with van der Waals surface area (Å²) in [6, 6.07) is 0. The van der Waals surface area contributed by atoms with Crippen LogP contribution in [0.4, 0.5) is 0 Å². The average Bonchev–Trinajstić information content (AvgIpc) is 3.06. The summed E-state index contributed by atoms with van der Waals surface area (Å²) in [4.78, 5) is 0. The second-order valence-electron chi connectivity index (χ2n) is 11.6. The van der Waals surface area contributed by atoms with Crippen LogP contribution < -0.4 is 0 Å². The third-order valence-corrected chi connectivity index (χ3v) is 8.88. The Morgan fingerprint density at radius 3 is 1.31 bits per heavy atom. The average molecular weight is 747 g/mol. The van der Waals surface area contributed by atoms with Crippen LogP contribution in [-0.4, -0.2) is 229 Å². The fourth-order valence-electron chi connectivity index (χ4n) is 5.77. The molecule has 0 saturated carbocycles. The van der Waals surface area contributed by atoms with Crippen molar-refractivity contribution in [3.8, 4) is 0 Å². The Morgan fingerprint density at radius 2 is 0.816 bits per heavy atom. The Labute approximate surface area is 276 Å². The van der Waals surface area contributed by atoms with Crippen LogP contribution in [-0.2, 0) is 47.7 Å². The van der Waals surface area contributed by atoms with Crippen molar-refractivity contribution in [3.05, 3.63) is 0 Å². The Kier molecular flexibility index (Phi) is 14.0. The van der Waals surface area contributed by atoms with Crippen LogP contribution in [0.2, 0.25) is 0 Å². The number of hydrogen-bond acceptors (Lipinski definition) is 23. The van der Waals surface area contributed by atoms with E-state index in [4.69, 9.17) is 33.2 Å². The number of hydrogen-bond donors (Lipinski definition) is 14. The molecule has 0 spiro atoms. The third-order valence-electron chi connectivity index (χ3n) is 8.41. The van der Waals surface area contributed by atoms with Crippen LogP contribution in [0, 0.1) is 0 Å². The van der Waals surface area contributed by atoms with E-state index in [2.05, 4.69) is 4.18 Å². The highest BCUT2D eigenvalue weighted by molar-refractivity contribution is 7.80. The maximum Gasteiger partial charge on any atom is 0.397 e. The summed E-state index contributed by atoms with van der Waals surface area (Å²) >= 11 is 0. The first-order valence-corrected chi connectivity index (χ1v) is 16.1. The van der Waals surface area contributed by atoms with Gasteiger partial charge < -0.3 is 99.5 Å². The number of aliphatic hydroxyl groups is 13. The minimum absolute atomic E-state index is 0.829. The molecule has 4 aliphatic rings. The highest BCUT2D eigenvalue weighted by atomic mass is 32.3. The van der Waals surface area contributed by atoms with Crippen molar-refractivity contribution in [3.63, 3.8) is 0 Å². The van der Waals surface area contributed by atoms with E-state index in [0.29, 0.717) is 0 Å². The van der Waals surface area contributed by atoms with Gasteiger partial charge in [0.1, 0.15) is 91.6 Å². The summed E-state index contributed by atoms with van der Waals surface area (Å²) < 4.78 is 74.9. The van der Waals surface area contributed by atoms with Crippen molar-refractivity contribution >= 4 is 10.4 Å². The molecule has 288 valence electrons. The van der Waals surface area contributed by atoms with Crippen LogP contribution in [0.3, 0.4) is 0 Å². The lowest BCUT2D eigenvalue weighted by Crippen LogP contribution is -2.67. The molecule has 0 aromatic carbocycles. The molecule has 0 bridgehead atoms. The van der Waals surface area contributed by atoms with E-state index in [0.717, 1.165) is 0 Å². The van der Waals surface area contributed by atoms with Crippen molar-refractivity contribution in [1.82, 2.24) is 0 Å². The first kappa shape index (κ1) is 40.8. The fourth-order valence-corrected chi connectivity index (χ4v) is 6.26. The standard InChI is InChI=1S/C24H42O24S/c25-1-5-9(29)10(30)14(34)22(42-5)45-18-7(3-27)43-23(15(35)12(18)32)46-19-8(4-28)44-24(20(16(19)36)48-49(38,39)40)47-17-6(2-26)41-21(37)13(33)11(17)31/h5-37H,1-4H2,(H,38,39,40)/t5-,6-,7-,8-,9-,10+,11-,12-,13-,14-,15-,16+,17-,18-,19-,20-,21+,22-,23-,24-/m1/s1. The SMILES string of the molecule is O=S(=O)(O)O[C@H]1[C@@H](O[C@H]2[C@H](O)[C@@H](O)[C@@H](O)O[C@@H]2CO)O[C@H](CO)[C@@H](O[C@H]2O[C@H](CO)[C@@H](O[C@H]3O[C@H](CO)[C@@H](O)[C@H](O)[C@H]3O)[C@H](O)[C@H]2O)[C@@H]1O. The van der Waals surface area contributed by atoms with Crippen LogP contribution in [0.15, 0.2) is 0 Å². The number of rotatable bonds is 12. The Balaban J connectivity index is 1.53. The molecule has 0 aliphatic carbocycles. The molecule has 4 aliphatic heterocycles. The van der Waals surface area contributed by atoms with Gasteiger partial charge >= 0.3 is 10.4 Å². The van der Waals surface area contributed by atoms with Crippen LogP contribution in [0.5, 0.6) is 0 Å². The molecule has 25 heteroatoms. The van der Waals surface area contributed by atoms with E-state index in [1.54, 1.807) is 0 Å². The second kappa shape index (κ2) is 16.8. The van der Waals surface area contributed by atoms with Gasteiger partial charge in [0, 0.05) is 0 Å². The summed E-state index contributed by atoms with van der Waals surface area (Å²) in [6.45, 7) is -3.81. The van der Waals surface area contributed by atoms with Gasteiger partial charge in [-0.25, -0.2) is 4.18 Å². The topological polar surface area (TPSA) is 391 Å². The fraction of sp³-hybridized carbons (Fsp3) is 1.00. The second-order valence-corrected chi connectivity index (χ2v) is 12.7. The van der Waals surface area contributed by atoms with Crippen molar-refractivity contribution in [1.29, 1.82) is 0 Å². The van der Waals surface area contributed by atoms with Gasteiger partial charge in [-0.1, -0.05) is 0 Å². The third kappa shape index (κ3) is 8.83. The predicted molar refractivity (Wildman–Crippen MR) is 144 cm³/mol. The summed E-state index contributed by atoms with van der Waals surface area (Å²) in [6.07, 6.45) is -38.5. The molecule has 14 N–H and O–H groups in total. The normalized spacial score (nSPS) is 49.9. The van der Waals surface area contributed by atoms with Gasteiger partial charge in [-0.05, 0) is 0 Å². The molecule has 24 nitrogen and oxygen atoms in total. The first-order valence-electron chi connectivity index (χ1n) is 14.8. The zero-order chi connectivity index (χ0) is 36.5. The summed E-state index contributed by atoms with van der Waals surface area (Å²) in [7, 11) is -5.46. The van der Waals surface area contributed by atoms with Gasteiger partial charge in [-0.2, -0.15) is 8.42 Å². The Hall–Kier alpha value is -0.930. The lowest BCUT2D eigenvalue weighted by atomic mass is 9.95. The lowest BCUT2D eigenvalue weighted by Gasteiger charge is -2.49. The van der Waals surface area contributed by atoms with E-state index >= 15 is 0 Å². The number of ether oxygens (including phenoxy) is 7. The Morgan fingerprint density at radius 1 is 0.429 bits per heavy atom. The van der Waals surface area contributed by atoms with Gasteiger partial charge in [0.05, 0.1) is 26.4 Å². The first-order chi connectivity index (χ1) is 23.0. The van der Waals surface area contributed by atoms with Crippen LogP contribution >= 0.6 is 0 Å². The predicted octanol–water partition coefficient (Wildman–Crippen LogP) is -9.92. The van der Waals surface area contributed by atoms with E-state index < -0.39 is 160 Å². The van der Waals surface area contributed by atoms with Gasteiger partial charge in [0.2, 0.25) is 0 Å². The molecule has 20 atom stereocenters. The molecule has 0 unspecified atom stereocenters. The van der Waals surface area contributed by atoms with E-state index in [-0.39, 0.29) is 0 Å². The quantitative estimate of drug-likeness (QED) is 0.0824. The molecule has 4 fully saturated rings. The van der Waals surface area contributed by atoms with Crippen LogP contribution in [0.25, 0.3) is 0 Å². The van der Waals surface area contributed by atoms with Crippen molar-refractivity contribution in [2.24, 2.45) is 0 Å². The summed E-state index contributed by atoms with van der Waals surface area (Å²) in [5, 5.41) is 132. The Bertz CT molecular complexity index is 1140. The van der Waals surface area contributed by atoms with Crippen molar-refractivity contribution < 1.29 is 117 Å². The zero-order valence-corrected chi connectivity index (χ0v) is 25.9. The smallest absolute Gasteiger partial charge is 0.394 e. The molecule has 0 radical (unpaired) electrons. The van der Waals surface area contributed by atoms with E-state index in [1.165, 1.54) is 0 Å². The highest BCUT2D eigenvalue weighted by Gasteiger charge is 2.56. The van der Waals surface area contributed by atoms with E-state index in [1.807, 2.05) is 0 Å². The summed E-state index contributed by atoms with van der Waals surface area (Å²) in [5.74, 6) is 0. The molecular weight excluding hydrogens is 704 g/mol. The summed E-state index contributed by atoms with van der Waals surface area (Å²) in [5.41, 5.74) is 0. The highest BCUT2D eigenvalue weighted by Crippen LogP contribution is 2.35. The van der Waals surface area contributed by atoms with Gasteiger partial charge in [-0.3, -0.25) is 4.55 Å². The number of aliphatic hydroxyl groups excluding tert-OH is 13. The van der Waals surface area contributed by atoms with Gasteiger partial charge in [0.25, 0.3) is 0 Å². The molecule has 4 rings (SSSR count). The minimum Gasteiger partial charge on any atom is -0.394 e. The molecule has 0 amide bonds. The maximum absolute atomic E-state index is 11.7. The molecular formula is C24H42O24S. The van der Waals surface area contributed by atoms with Gasteiger partial charge in [0.15, 0.2) is 31.3 Å². The van der Waals surface area contributed by atoms with E-state index in [9.17, 15) is 79.4 Å². The van der Waals surface area contributed by atoms with Gasteiger partial charge in [-0.15, -0.1) is 0 Å². The molecule has 0 aromatic rings. The molecule has 4 saturated heterocycles. The van der Waals surface area contributed by atoms with Crippen molar-refractivity contribution in [2.75, 3.05) is 26.4 Å². The molecule has 49 heavy (non-hydrogen) atoms. The zero-order valence-electron chi connectivity index (χ0n) is 25.1. The minimum atomic E-state index is -5.46. The molecule has 4 heterocycles. The lowest BCUT2D eigenvalue weighted by molar-refractivity contribution is -0.386. The molecule has 0 aromatic heterocycles. The van der Waals surface area contributed by atoms with Crippen molar-refractivity contribution in [2.45, 2.75) is 123 Å². The van der Waals surface area contributed by atoms with Crippen LogP contribution in [0.1, 0.15) is 0 Å². The largest absolute Gasteiger partial charge is 0.397 e. The monoisotopic (exact) mass is 746 g/mol.